The SMILES string of the molecule is C=[N+]1C=CC(CC(C)C)=C[C-]1c1c(C)ccc2c1[o+][c-]1ccc(-c3ccccc3)cc21. The van der Waals surface area contributed by atoms with Gasteiger partial charge in [0.05, 0.1) is 12.3 Å². The summed E-state index contributed by atoms with van der Waals surface area (Å²) in [6.07, 6.45) is 7.53. The maximum Gasteiger partial charge on any atom is 0.278 e. The zero-order valence-corrected chi connectivity index (χ0v) is 18.4. The van der Waals surface area contributed by atoms with Crippen molar-refractivity contribution in [3.05, 3.63) is 102 Å². The van der Waals surface area contributed by atoms with Crippen LogP contribution in [-0.4, -0.2) is 11.3 Å². The smallest absolute Gasteiger partial charge is 0.278 e. The van der Waals surface area contributed by atoms with E-state index in [1.807, 2.05) is 10.6 Å². The molecular weight excluding hydrogens is 378 g/mol. The summed E-state index contributed by atoms with van der Waals surface area (Å²) < 4.78 is 8.40. The number of hydrogen-bond acceptors (Lipinski definition) is 0. The molecular formula is C29H27NO. The molecule has 1 aliphatic heterocycles. The summed E-state index contributed by atoms with van der Waals surface area (Å²) >= 11 is 0. The predicted molar refractivity (Wildman–Crippen MR) is 130 cm³/mol. The Kier molecular flexibility index (Phi) is 4.78. The Labute approximate surface area is 183 Å². The van der Waals surface area contributed by atoms with E-state index in [0.717, 1.165) is 40.0 Å². The van der Waals surface area contributed by atoms with Gasteiger partial charge in [-0.05, 0) is 40.8 Å². The second kappa shape index (κ2) is 7.63. The number of nitrogens with zero attached hydrogens (tertiary/aromatic N) is 1. The van der Waals surface area contributed by atoms with Crippen LogP contribution in [0.25, 0.3) is 33.1 Å². The molecule has 4 aromatic rings. The molecule has 154 valence electrons. The Morgan fingerprint density at radius 1 is 1.03 bits per heavy atom. The molecule has 2 heteroatoms. The summed E-state index contributed by atoms with van der Waals surface area (Å²) in [4.78, 5) is 0. The van der Waals surface area contributed by atoms with Crippen LogP contribution < -0.4 is 0 Å². The first-order chi connectivity index (χ1) is 15.0. The van der Waals surface area contributed by atoms with E-state index in [9.17, 15) is 0 Å². The summed E-state index contributed by atoms with van der Waals surface area (Å²) in [6, 6.07) is 22.4. The van der Waals surface area contributed by atoms with Crippen LogP contribution in [-0.2, 0) is 0 Å². The fourth-order valence-corrected chi connectivity index (χ4v) is 4.45. The van der Waals surface area contributed by atoms with Gasteiger partial charge in [-0.15, -0.1) is 12.1 Å². The molecule has 0 unspecified atom stereocenters. The topological polar surface area (TPSA) is 14.3 Å². The maximum atomic E-state index is 6.44. The van der Waals surface area contributed by atoms with E-state index in [4.69, 9.17) is 4.42 Å². The van der Waals surface area contributed by atoms with Crippen molar-refractivity contribution in [2.75, 3.05) is 0 Å². The van der Waals surface area contributed by atoms with Crippen molar-refractivity contribution in [2.45, 2.75) is 27.2 Å². The van der Waals surface area contributed by atoms with Crippen LogP contribution >= 0.6 is 0 Å². The van der Waals surface area contributed by atoms with E-state index in [-0.39, 0.29) is 0 Å². The van der Waals surface area contributed by atoms with Gasteiger partial charge in [0.15, 0.2) is 6.04 Å². The monoisotopic (exact) mass is 405 g/mol. The lowest BCUT2D eigenvalue weighted by Gasteiger charge is -2.21. The second-order valence-electron chi connectivity index (χ2n) is 8.80. The van der Waals surface area contributed by atoms with E-state index < -0.39 is 0 Å². The van der Waals surface area contributed by atoms with Gasteiger partial charge in [-0.25, -0.2) is 0 Å². The molecule has 2 nitrogen and oxygen atoms in total. The van der Waals surface area contributed by atoms with Gasteiger partial charge in [-0.3, -0.25) is 8.99 Å². The van der Waals surface area contributed by atoms with Crippen LogP contribution in [0.4, 0.5) is 0 Å². The molecule has 0 spiro atoms. The lowest BCUT2D eigenvalue weighted by Crippen LogP contribution is -2.16. The van der Waals surface area contributed by atoms with Crippen LogP contribution in [0, 0.1) is 18.9 Å². The predicted octanol–water partition coefficient (Wildman–Crippen LogP) is 7.65. The summed E-state index contributed by atoms with van der Waals surface area (Å²) in [6.45, 7) is 10.9. The highest BCUT2D eigenvalue weighted by molar-refractivity contribution is 6.08. The van der Waals surface area contributed by atoms with Gasteiger partial charge < -0.3 is 0 Å². The van der Waals surface area contributed by atoms with Gasteiger partial charge in [-0.1, -0.05) is 86.0 Å². The Hall–Kier alpha value is -3.52. The van der Waals surface area contributed by atoms with Crippen molar-refractivity contribution in [2.24, 2.45) is 5.92 Å². The summed E-state index contributed by atoms with van der Waals surface area (Å²) in [5.74, 6) is 0.605. The van der Waals surface area contributed by atoms with E-state index in [1.54, 1.807) is 0 Å². The van der Waals surface area contributed by atoms with Gasteiger partial charge in [-0.2, -0.15) is 0 Å². The number of fused-ring (bicyclic) bond motifs is 3. The van der Waals surface area contributed by atoms with Gasteiger partial charge in [0.25, 0.3) is 11.2 Å². The molecule has 0 radical (unpaired) electrons. The van der Waals surface area contributed by atoms with Crippen LogP contribution in [0.1, 0.15) is 31.4 Å². The van der Waals surface area contributed by atoms with Crippen LogP contribution in [0.3, 0.4) is 0 Å². The molecule has 0 bridgehead atoms. The van der Waals surface area contributed by atoms with Gasteiger partial charge in [0.1, 0.15) is 6.20 Å². The van der Waals surface area contributed by atoms with Gasteiger partial charge >= 0.3 is 0 Å². The Bertz CT molecular complexity index is 1350. The molecule has 0 saturated carbocycles. The van der Waals surface area contributed by atoms with E-state index >= 15 is 0 Å². The quantitative estimate of drug-likeness (QED) is 0.193. The number of aryl methyl sites for hydroxylation is 1. The van der Waals surface area contributed by atoms with Crippen LogP contribution in [0.2, 0.25) is 0 Å². The standard InChI is InChI=1S/C29H27NO/c1-19(2)16-21-14-15-30(4)26(17-21)28-20(3)10-12-24-25-18-23(22-8-6-5-7-9-22)11-13-27(25)31-29(24)28/h5-15,17-19H,4,16H2,1-3H3. The molecule has 2 heterocycles. The van der Waals surface area contributed by atoms with Crippen LogP contribution in [0.5, 0.6) is 0 Å². The molecule has 0 saturated heterocycles. The van der Waals surface area contributed by atoms with Crippen molar-refractivity contribution in [3.8, 4) is 11.1 Å². The Balaban J connectivity index is 1.69. The molecule has 1 aliphatic rings. The number of furan rings is 1. The van der Waals surface area contributed by atoms with E-state index in [1.165, 1.54) is 22.3 Å². The first kappa shape index (κ1) is 19.4. The summed E-state index contributed by atoms with van der Waals surface area (Å²) in [7, 11) is 0. The summed E-state index contributed by atoms with van der Waals surface area (Å²) in [5.41, 5.74) is 7.88. The Morgan fingerprint density at radius 3 is 2.61 bits per heavy atom. The third-order valence-electron chi connectivity index (χ3n) is 5.96. The van der Waals surface area contributed by atoms with Crippen molar-refractivity contribution < 1.29 is 8.99 Å². The van der Waals surface area contributed by atoms with E-state index in [0.29, 0.717) is 5.92 Å². The average molecular weight is 406 g/mol. The van der Waals surface area contributed by atoms with Crippen molar-refractivity contribution >= 4 is 28.7 Å². The lowest BCUT2D eigenvalue weighted by molar-refractivity contribution is -0.418. The average Bonchev–Trinajstić information content (AvgIpc) is 3.13. The Morgan fingerprint density at radius 2 is 1.84 bits per heavy atom. The zero-order valence-electron chi connectivity index (χ0n) is 18.4. The molecule has 0 atom stereocenters. The van der Waals surface area contributed by atoms with Gasteiger partial charge in [0, 0.05) is 0 Å². The number of allylic oxidation sites excluding steroid dienone is 2. The highest BCUT2D eigenvalue weighted by Crippen LogP contribution is 2.39. The first-order valence-electron chi connectivity index (χ1n) is 10.9. The molecule has 1 aromatic heterocycles. The second-order valence-corrected chi connectivity index (χ2v) is 8.80. The maximum absolute atomic E-state index is 6.44. The third kappa shape index (κ3) is 3.48. The first-order valence-corrected chi connectivity index (χ1v) is 10.9. The fraction of sp³-hybridized carbons (Fsp3) is 0.172. The van der Waals surface area contributed by atoms with Crippen molar-refractivity contribution in [1.82, 2.24) is 0 Å². The minimum Gasteiger partial charge on any atom is -0.286 e. The number of rotatable bonds is 4. The van der Waals surface area contributed by atoms with Crippen molar-refractivity contribution in [3.63, 3.8) is 0 Å². The van der Waals surface area contributed by atoms with E-state index in [2.05, 4.69) is 100 Å². The van der Waals surface area contributed by atoms with Crippen LogP contribution in [0.15, 0.2) is 89.0 Å². The highest BCUT2D eigenvalue weighted by Gasteiger charge is 2.26. The fourth-order valence-electron chi connectivity index (χ4n) is 4.45. The normalized spacial score (nSPS) is 14.1. The molecule has 0 amide bonds. The largest absolute Gasteiger partial charge is 0.286 e. The molecule has 0 N–H and O–H groups in total. The lowest BCUT2D eigenvalue weighted by atomic mass is 9.92. The molecule has 0 fully saturated rings. The van der Waals surface area contributed by atoms with Crippen molar-refractivity contribution in [1.29, 1.82) is 0 Å². The number of hydrogen-bond donors (Lipinski definition) is 0. The summed E-state index contributed by atoms with van der Waals surface area (Å²) in [5, 5.41) is 2.29. The van der Waals surface area contributed by atoms with Gasteiger partial charge in [0.2, 0.25) is 0 Å². The number of benzene rings is 3. The zero-order chi connectivity index (χ0) is 21.5. The molecule has 31 heavy (non-hydrogen) atoms. The molecule has 0 aliphatic carbocycles. The minimum absolute atomic E-state index is 0.605. The highest BCUT2D eigenvalue weighted by atomic mass is 16.3. The molecule has 3 aromatic carbocycles. The third-order valence-corrected chi connectivity index (χ3v) is 5.96. The molecule has 5 rings (SSSR count). The minimum atomic E-state index is 0.605.